The van der Waals surface area contributed by atoms with Gasteiger partial charge in [0.15, 0.2) is 0 Å². The van der Waals surface area contributed by atoms with Gasteiger partial charge in [-0.3, -0.25) is 4.79 Å². The second-order valence-electron chi connectivity index (χ2n) is 4.11. The Bertz CT molecular complexity index is 429. The van der Waals surface area contributed by atoms with Crippen LogP contribution >= 0.6 is 15.9 Å². The summed E-state index contributed by atoms with van der Waals surface area (Å²) in [5.41, 5.74) is 0.908. The summed E-state index contributed by atoms with van der Waals surface area (Å²) in [6, 6.07) is 4.45. The van der Waals surface area contributed by atoms with Crippen LogP contribution < -0.4 is 10.6 Å². The Morgan fingerprint density at radius 2 is 2.26 bits per heavy atom. The normalized spacial score (nSPS) is 12.2. The van der Waals surface area contributed by atoms with Crippen molar-refractivity contribution in [1.82, 2.24) is 10.6 Å². The topological polar surface area (TPSA) is 50.4 Å². The molecule has 1 aromatic rings. The Kier molecular flexibility index (Phi) is 6.97. The molecule has 0 bridgehead atoms. The van der Waals surface area contributed by atoms with Crippen LogP contribution in [0, 0.1) is 5.82 Å². The molecule has 1 atom stereocenters. The number of halogens is 2. The molecule has 6 heteroatoms. The van der Waals surface area contributed by atoms with Crippen LogP contribution in [0.5, 0.6) is 0 Å². The third kappa shape index (κ3) is 5.67. The van der Waals surface area contributed by atoms with Crippen molar-refractivity contribution in [1.29, 1.82) is 0 Å². The lowest BCUT2D eigenvalue weighted by atomic mass is 10.1. The molecule has 0 aliphatic carbocycles. The lowest BCUT2D eigenvalue weighted by Gasteiger charge is -2.15. The van der Waals surface area contributed by atoms with Crippen LogP contribution in [0.15, 0.2) is 22.7 Å². The van der Waals surface area contributed by atoms with Crippen molar-refractivity contribution in [2.24, 2.45) is 0 Å². The van der Waals surface area contributed by atoms with Gasteiger partial charge in [0.2, 0.25) is 5.91 Å². The summed E-state index contributed by atoms with van der Waals surface area (Å²) in [5, 5.41) is 5.80. The van der Waals surface area contributed by atoms with E-state index in [0.29, 0.717) is 17.6 Å². The van der Waals surface area contributed by atoms with Crippen molar-refractivity contribution in [2.75, 3.05) is 26.8 Å². The summed E-state index contributed by atoms with van der Waals surface area (Å²) in [5.74, 6) is -0.387. The summed E-state index contributed by atoms with van der Waals surface area (Å²) in [7, 11) is 1.58. The van der Waals surface area contributed by atoms with Crippen LogP contribution in [0.2, 0.25) is 0 Å². The Labute approximate surface area is 120 Å². The fourth-order valence-electron chi connectivity index (χ4n) is 1.56. The van der Waals surface area contributed by atoms with Crippen LogP contribution in [0.3, 0.4) is 0 Å². The molecule has 0 aliphatic rings. The highest BCUT2D eigenvalue weighted by molar-refractivity contribution is 9.10. The Morgan fingerprint density at radius 3 is 2.89 bits per heavy atom. The molecule has 2 N–H and O–H groups in total. The van der Waals surface area contributed by atoms with Crippen molar-refractivity contribution >= 4 is 21.8 Å². The zero-order chi connectivity index (χ0) is 14.3. The van der Waals surface area contributed by atoms with E-state index in [1.807, 2.05) is 6.92 Å². The predicted octanol–water partition coefficient (Wildman–Crippen LogP) is 2.00. The molecule has 0 radical (unpaired) electrons. The van der Waals surface area contributed by atoms with E-state index in [9.17, 15) is 9.18 Å². The Morgan fingerprint density at radius 1 is 1.53 bits per heavy atom. The molecule has 0 heterocycles. The van der Waals surface area contributed by atoms with Crippen molar-refractivity contribution < 1.29 is 13.9 Å². The third-order valence-electron chi connectivity index (χ3n) is 2.63. The van der Waals surface area contributed by atoms with Crippen LogP contribution in [0.1, 0.15) is 18.5 Å². The summed E-state index contributed by atoms with van der Waals surface area (Å²) >= 11 is 3.31. The van der Waals surface area contributed by atoms with Gasteiger partial charge in [0, 0.05) is 24.2 Å². The average molecular weight is 333 g/mol. The molecule has 0 spiro atoms. The van der Waals surface area contributed by atoms with Gasteiger partial charge in [-0.05, 0) is 24.6 Å². The highest BCUT2D eigenvalue weighted by Gasteiger charge is 2.11. The molecule has 4 nitrogen and oxygen atoms in total. The van der Waals surface area contributed by atoms with E-state index in [1.54, 1.807) is 13.2 Å². The third-order valence-corrected chi connectivity index (χ3v) is 3.31. The van der Waals surface area contributed by atoms with Crippen LogP contribution in [0.4, 0.5) is 4.39 Å². The SMILES string of the molecule is COCCNC(=O)CNC(C)c1ccc(F)cc1Br. The summed E-state index contributed by atoms with van der Waals surface area (Å²) in [6.07, 6.45) is 0. The molecule has 0 aromatic heterocycles. The Balaban J connectivity index is 2.42. The monoisotopic (exact) mass is 332 g/mol. The van der Waals surface area contributed by atoms with Crippen molar-refractivity contribution in [3.05, 3.63) is 34.1 Å². The second-order valence-corrected chi connectivity index (χ2v) is 4.97. The molecule has 1 amide bonds. The molecule has 0 saturated carbocycles. The molecule has 0 saturated heterocycles. The number of hydrogen-bond acceptors (Lipinski definition) is 3. The number of ether oxygens (including phenoxy) is 1. The van der Waals surface area contributed by atoms with Gasteiger partial charge in [-0.1, -0.05) is 22.0 Å². The fraction of sp³-hybridized carbons (Fsp3) is 0.462. The van der Waals surface area contributed by atoms with E-state index in [1.165, 1.54) is 12.1 Å². The summed E-state index contributed by atoms with van der Waals surface area (Å²) in [4.78, 5) is 11.5. The van der Waals surface area contributed by atoms with Crippen LogP contribution in [-0.4, -0.2) is 32.7 Å². The van der Waals surface area contributed by atoms with E-state index in [-0.39, 0.29) is 24.3 Å². The summed E-state index contributed by atoms with van der Waals surface area (Å²) in [6.45, 7) is 3.10. The van der Waals surface area contributed by atoms with Crippen LogP contribution in [0.25, 0.3) is 0 Å². The molecule has 0 aliphatic heterocycles. The van der Waals surface area contributed by atoms with Crippen molar-refractivity contribution in [3.63, 3.8) is 0 Å². The van der Waals surface area contributed by atoms with Crippen LogP contribution in [-0.2, 0) is 9.53 Å². The van der Waals surface area contributed by atoms with Crippen molar-refractivity contribution in [2.45, 2.75) is 13.0 Å². The van der Waals surface area contributed by atoms with Crippen molar-refractivity contribution in [3.8, 4) is 0 Å². The van der Waals surface area contributed by atoms with Gasteiger partial charge in [0.05, 0.1) is 13.2 Å². The smallest absolute Gasteiger partial charge is 0.234 e. The maximum atomic E-state index is 13.0. The first-order valence-electron chi connectivity index (χ1n) is 5.98. The van der Waals surface area contributed by atoms with Gasteiger partial charge < -0.3 is 15.4 Å². The minimum Gasteiger partial charge on any atom is -0.383 e. The van der Waals surface area contributed by atoms with E-state index in [2.05, 4.69) is 26.6 Å². The lowest BCUT2D eigenvalue weighted by molar-refractivity contribution is -0.120. The van der Waals surface area contributed by atoms with E-state index >= 15 is 0 Å². The minimum atomic E-state index is -0.292. The van der Waals surface area contributed by atoms with Gasteiger partial charge in [-0.15, -0.1) is 0 Å². The highest BCUT2D eigenvalue weighted by atomic mass is 79.9. The second kappa shape index (κ2) is 8.24. The number of rotatable bonds is 7. The standard InChI is InChI=1S/C13H18BrFN2O2/c1-9(11-4-3-10(15)7-12(11)14)17-8-13(18)16-5-6-19-2/h3-4,7,9,17H,5-6,8H2,1-2H3,(H,16,18). The molecule has 19 heavy (non-hydrogen) atoms. The first-order chi connectivity index (χ1) is 9.04. The van der Waals surface area contributed by atoms with Gasteiger partial charge in [-0.25, -0.2) is 4.39 Å². The van der Waals surface area contributed by atoms with E-state index in [4.69, 9.17) is 4.74 Å². The number of carbonyl (C=O) groups excluding carboxylic acids is 1. The van der Waals surface area contributed by atoms with Gasteiger partial charge in [0.1, 0.15) is 5.82 Å². The van der Waals surface area contributed by atoms with E-state index in [0.717, 1.165) is 5.56 Å². The fourth-order valence-corrected chi connectivity index (χ4v) is 2.26. The number of hydrogen-bond donors (Lipinski definition) is 2. The molecule has 1 aromatic carbocycles. The maximum Gasteiger partial charge on any atom is 0.234 e. The number of benzene rings is 1. The molecule has 0 fully saturated rings. The molecular weight excluding hydrogens is 315 g/mol. The first-order valence-corrected chi connectivity index (χ1v) is 6.78. The zero-order valence-electron chi connectivity index (χ0n) is 11.0. The number of carbonyl (C=O) groups is 1. The number of amides is 1. The van der Waals surface area contributed by atoms with Gasteiger partial charge in [0.25, 0.3) is 0 Å². The Hall–Kier alpha value is -0.980. The number of nitrogens with one attached hydrogen (secondary N) is 2. The molecule has 1 unspecified atom stereocenters. The molecular formula is C13H18BrFN2O2. The maximum absolute atomic E-state index is 13.0. The molecule has 106 valence electrons. The molecule has 1 rings (SSSR count). The zero-order valence-corrected chi connectivity index (χ0v) is 12.6. The quantitative estimate of drug-likeness (QED) is 0.751. The van der Waals surface area contributed by atoms with Gasteiger partial charge in [-0.2, -0.15) is 0 Å². The highest BCUT2D eigenvalue weighted by Crippen LogP contribution is 2.23. The largest absolute Gasteiger partial charge is 0.383 e. The predicted molar refractivity (Wildman–Crippen MR) is 75.4 cm³/mol. The lowest BCUT2D eigenvalue weighted by Crippen LogP contribution is -2.36. The summed E-state index contributed by atoms with van der Waals surface area (Å²) < 4.78 is 18.5. The average Bonchev–Trinajstić information content (AvgIpc) is 2.36. The van der Waals surface area contributed by atoms with Gasteiger partial charge >= 0.3 is 0 Å². The first kappa shape index (κ1) is 16.1. The minimum absolute atomic E-state index is 0.0526. The number of methoxy groups -OCH3 is 1. The van der Waals surface area contributed by atoms with E-state index < -0.39 is 0 Å².